The van der Waals surface area contributed by atoms with Crippen molar-refractivity contribution in [3.05, 3.63) is 52.8 Å². The molecule has 0 amide bonds. The van der Waals surface area contributed by atoms with E-state index >= 15 is 0 Å². The molecule has 1 aromatic carbocycles. The molecule has 0 saturated heterocycles. The third kappa shape index (κ3) is 3.30. The highest BCUT2D eigenvalue weighted by atomic mass is 35.5. The SMILES string of the molecule is CCCn1cccc1CNc1cc(C#N)ccc1Cl. The largest absolute Gasteiger partial charge is 0.378 e. The van der Waals surface area contributed by atoms with Gasteiger partial charge in [0.2, 0.25) is 0 Å². The van der Waals surface area contributed by atoms with Crippen LogP contribution in [0, 0.1) is 11.3 Å². The van der Waals surface area contributed by atoms with Gasteiger partial charge in [0.15, 0.2) is 0 Å². The molecule has 0 saturated carbocycles. The minimum atomic E-state index is 0.607. The first-order chi connectivity index (χ1) is 9.24. The van der Waals surface area contributed by atoms with Crippen molar-refractivity contribution in [1.29, 1.82) is 5.26 Å². The Morgan fingerprint density at radius 2 is 2.21 bits per heavy atom. The van der Waals surface area contributed by atoms with E-state index in [0.717, 1.165) is 18.7 Å². The Kier molecular flexibility index (Phi) is 4.48. The standard InChI is InChI=1S/C15H16ClN3/c1-2-7-19-8-3-4-13(19)11-18-15-9-12(10-17)5-6-14(15)16/h3-6,8-9,18H,2,7,11H2,1H3. The summed E-state index contributed by atoms with van der Waals surface area (Å²) in [5, 5.41) is 12.8. The van der Waals surface area contributed by atoms with Crippen molar-refractivity contribution in [3.63, 3.8) is 0 Å². The molecule has 1 aromatic heterocycles. The third-order valence-electron chi connectivity index (χ3n) is 2.94. The van der Waals surface area contributed by atoms with E-state index in [1.165, 1.54) is 5.69 Å². The Morgan fingerprint density at radius 1 is 1.37 bits per heavy atom. The van der Waals surface area contributed by atoms with Gasteiger partial charge in [0.05, 0.1) is 28.9 Å². The highest BCUT2D eigenvalue weighted by Gasteiger charge is 2.04. The zero-order valence-corrected chi connectivity index (χ0v) is 11.6. The summed E-state index contributed by atoms with van der Waals surface area (Å²) in [4.78, 5) is 0. The summed E-state index contributed by atoms with van der Waals surface area (Å²) in [5.74, 6) is 0. The summed E-state index contributed by atoms with van der Waals surface area (Å²) >= 11 is 6.12. The van der Waals surface area contributed by atoms with Gasteiger partial charge < -0.3 is 9.88 Å². The zero-order chi connectivity index (χ0) is 13.7. The van der Waals surface area contributed by atoms with E-state index in [2.05, 4.69) is 35.1 Å². The average Bonchev–Trinajstić information content (AvgIpc) is 2.86. The van der Waals surface area contributed by atoms with Crippen LogP contribution in [-0.4, -0.2) is 4.57 Å². The summed E-state index contributed by atoms with van der Waals surface area (Å²) in [5.41, 5.74) is 2.61. The van der Waals surface area contributed by atoms with Crippen LogP contribution in [0.3, 0.4) is 0 Å². The summed E-state index contributed by atoms with van der Waals surface area (Å²) in [6.45, 7) is 3.86. The van der Waals surface area contributed by atoms with E-state index < -0.39 is 0 Å². The predicted molar refractivity (Wildman–Crippen MR) is 78.2 cm³/mol. The minimum Gasteiger partial charge on any atom is -0.378 e. The van der Waals surface area contributed by atoms with E-state index in [-0.39, 0.29) is 0 Å². The summed E-state index contributed by atoms with van der Waals surface area (Å²) in [6.07, 6.45) is 3.18. The number of nitrogens with one attached hydrogen (secondary N) is 1. The average molecular weight is 274 g/mol. The van der Waals surface area contributed by atoms with Crippen molar-refractivity contribution < 1.29 is 0 Å². The molecule has 2 aromatic rings. The van der Waals surface area contributed by atoms with Crippen LogP contribution < -0.4 is 5.32 Å². The number of benzene rings is 1. The number of nitrogens with zero attached hydrogens (tertiary/aromatic N) is 2. The van der Waals surface area contributed by atoms with E-state index in [0.29, 0.717) is 17.1 Å². The van der Waals surface area contributed by atoms with Gasteiger partial charge in [-0.2, -0.15) is 5.26 Å². The molecule has 3 nitrogen and oxygen atoms in total. The van der Waals surface area contributed by atoms with Crippen LogP contribution in [0.15, 0.2) is 36.5 Å². The van der Waals surface area contributed by atoms with Crippen LogP contribution in [0.2, 0.25) is 5.02 Å². The first-order valence-electron chi connectivity index (χ1n) is 6.32. The molecule has 0 fully saturated rings. The number of rotatable bonds is 5. The summed E-state index contributed by atoms with van der Waals surface area (Å²) in [7, 11) is 0. The van der Waals surface area contributed by atoms with Crippen LogP contribution in [0.5, 0.6) is 0 Å². The summed E-state index contributed by atoms with van der Waals surface area (Å²) < 4.78 is 2.22. The van der Waals surface area contributed by atoms with Gasteiger partial charge in [0, 0.05) is 18.4 Å². The second-order valence-electron chi connectivity index (χ2n) is 4.35. The van der Waals surface area contributed by atoms with Crippen LogP contribution in [-0.2, 0) is 13.1 Å². The van der Waals surface area contributed by atoms with Crippen LogP contribution in [0.1, 0.15) is 24.6 Å². The number of anilines is 1. The molecule has 0 radical (unpaired) electrons. The molecule has 1 heterocycles. The van der Waals surface area contributed by atoms with Crippen molar-refractivity contribution in [3.8, 4) is 6.07 Å². The number of hydrogen-bond donors (Lipinski definition) is 1. The highest BCUT2D eigenvalue weighted by Crippen LogP contribution is 2.23. The van der Waals surface area contributed by atoms with Crippen LogP contribution in [0.4, 0.5) is 5.69 Å². The molecule has 0 aliphatic rings. The van der Waals surface area contributed by atoms with E-state index in [1.54, 1.807) is 18.2 Å². The summed E-state index contributed by atoms with van der Waals surface area (Å²) in [6, 6.07) is 11.5. The predicted octanol–water partition coefficient (Wildman–Crippen LogP) is 4.04. The molecule has 0 atom stereocenters. The van der Waals surface area contributed by atoms with Gasteiger partial charge in [-0.1, -0.05) is 18.5 Å². The fraction of sp³-hybridized carbons (Fsp3) is 0.267. The lowest BCUT2D eigenvalue weighted by atomic mass is 10.2. The van der Waals surface area contributed by atoms with Gasteiger partial charge in [-0.25, -0.2) is 0 Å². The Labute approximate surface area is 118 Å². The van der Waals surface area contributed by atoms with Crippen molar-refractivity contribution in [2.75, 3.05) is 5.32 Å². The molecule has 0 aliphatic heterocycles. The first-order valence-corrected chi connectivity index (χ1v) is 6.70. The molecule has 4 heteroatoms. The maximum absolute atomic E-state index is 8.89. The molecule has 0 spiro atoms. The second-order valence-corrected chi connectivity index (χ2v) is 4.76. The van der Waals surface area contributed by atoms with Crippen LogP contribution in [0.25, 0.3) is 0 Å². The van der Waals surface area contributed by atoms with Gasteiger partial charge in [-0.05, 0) is 36.8 Å². The molecule has 0 unspecified atom stereocenters. The molecule has 0 aliphatic carbocycles. The first kappa shape index (κ1) is 13.5. The number of halogens is 1. The molecule has 98 valence electrons. The quantitative estimate of drug-likeness (QED) is 0.893. The molecule has 19 heavy (non-hydrogen) atoms. The van der Waals surface area contributed by atoms with Gasteiger partial charge in [-0.3, -0.25) is 0 Å². The monoisotopic (exact) mass is 273 g/mol. The maximum Gasteiger partial charge on any atom is 0.0992 e. The highest BCUT2D eigenvalue weighted by molar-refractivity contribution is 6.33. The van der Waals surface area contributed by atoms with Crippen molar-refractivity contribution >= 4 is 17.3 Å². The molecular formula is C15H16ClN3. The number of hydrogen-bond acceptors (Lipinski definition) is 2. The van der Waals surface area contributed by atoms with Crippen molar-refractivity contribution in [1.82, 2.24) is 4.57 Å². The van der Waals surface area contributed by atoms with E-state index in [1.807, 2.05) is 6.07 Å². The topological polar surface area (TPSA) is 40.8 Å². The Bertz CT molecular complexity index is 596. The smallest absolute Gasteiger partial charge is 0.0992 e. The van der Waals surface area contributed by atoms with Gasteiger partial charge in [0.1, 0.15) is 0 Å². The van der Waals surface area contributed by atoms with Crippen molar-refractivity contribution in [2.45, 2.75) is 26.4 Å². The lowest BCUT2D eigenvalue weighted by Gasteiger charge is -2.11. The molecule has 1 N–H and O–H groups in total. The van der Waals surface area contributed by atoms with E-state index in [4.69, 9.17) is 16.9 Å². The molecule has 0 bridgehead atoms. The third-order valence-corrected chi connectivity index (χ3v) is 3.27. The Morgan fingerprint density at radius 3 is 2.95 bits per heavy atom. The lowest BCUT2D eigenvalue weighted by molar-refractivity contribution is 0.654. The Balaban J connectivity index is 2.10. The number of aryl methyl sites for hydroxylation is 1. The normalized spacial score (nSPS) is 10.2. The lowest BCUT2D eigenvalue weighted by Crippen LogP contribution is -2.07. The second kappa shape index (κ2) is 6.31. The fourth-order valence-corrected chi connectivity index (χ4v) is 2.17. The number of nitriles is 1. The fourth-order valence-electron chi connectivity index (χ4n) is 1.99. The minimum absolute atomic E-state index is 0.607. The van der Waals surface area contributed by atoms with Gasteiger partial charge in [-0.15, -0.1) is 0 Å². The molecular weight excluding hydrogens is 258 g/mol. The van der Waals surface area contributed by atoms with E-state index in [9.17, 15) is 0 Å². The van der Waals surface area contributed by atoms with Gasteiger partial charge in [0.25, 0.3) is 0 Å². The maximum atomic E-state index is 8.89. The Hall–Kier alpha value is -1.92. The van der Waals surface area contributed by atoms with Crippen molar-refractivity contribution in [2.24, 2.45) is 0 Å². The zero-order valence-electron chi connectivity index (χ0n) is 10.9. The van der Waals surface area contributed by atoms with Crippen LogP contribution >= 0.6 is 11.6 Å². The molecule has 2 rings (SSSR count). The number of aromatic nitrogens is 1. The van der Waals surface area contributed by atoms with Gasteiger partial charge >= 0.3 is 0 Å².